The molecule has 6 nitrogen and oxygen atoms in total. The van der Waals surface area contributed by atoms with Gasteiger partial charge in [-0.2, -0.15) is 0 Å². The SMILES string of the molecule is CCCCS(=O)(=O)[O-].C[NH+](C)c1ccc2c(c1)Sc1cc([NH+](C)C)ccc1N2. The highest BCUT2D eigenvalue weighted by atomic mass is 32.2. The van der Waals surface area contributed by atoms with Crippen LogP contribution in [0.4, 0.5) is 22.7 Å². The van der Waals surface area contributed by atoms with Gasteiger partial charge in [-0.3, -0.25) is 0 Å². The third kappa shape index (κ3) is 6.49. The van der Waals surface area contributed by atoms with Crippen molar-refractivity contribution < 1.29 is 22.8 Å². The molecule has 1 aliphatic heterocycles. The van der Waals surface area contributed by atoms with E-state index < -0.39 is 10.1 Å². The largest absolute Gasteiger partial charge is 0.748 e. The zero-order chi connectivity index (χ0) is 20.9. The van der Waals surface area contributed by atoms with Gasteiger partial charge < -0.3 is 19.7 Å². The molecule has 2 aromatic rings. The van der Waals surface area contributed by atoms with E-state index in [0.29, 0.717) is 6.42 Å². The minimum Gasteiger partial charge on any atom is -0.748 e. The zero-order valence-corrected chi connectivity index (χ0v) is 18.8. The second-order valence-electron chi connectivity index (χ2n) is 7.26. The highest BCUT2D eigenvalue weighted by Crippen LogP contribution is 2.45. The first-order chi connectivity index (χ1) is 13.1. The molecule has 8 heteroatoms. The van der Waals surface area contributed by atoms with E-state index in [-0.39, 0.29) is 5.75 Å². The molecule has 154 valence electrons. The van der Waals surface area contributed by atoms with E-state index in [9.17, 15) is 13.0 Å². The molecule has 0 saturated carbocycles. The number of nitrogens with one attached hydrogen (secondary N) is 3. The summed E-state index contributed by atoms with van der Waals surface area (Å²) in [6.45, 7) is 1.84. The second-order valence-corrected chi connectivity index (χ2v) is 9.87. The van der Waals surface area contributed by atoms with Gasteiger partial charge in [0.05, 0.1) is 49.7 Å². The lowest BCUT2D eigenvalue weighted by atomic mass is 10.2. The lowest BCUT2D eigenvalue weighted by molar-refractivity contribution is -0.786. The summed E-state index contributed by atoms with van der Waals surface area (Å²) in [7, 11) is 4.69. The lowest BCUT2D eigenvalue weighted by Crippen LogP contribution is -3.00. The monoisotopic (exact) mass is 424 g/mol. The molecule has 3 N–H and O–H groups in total. The van der Waals surface area contributed by atoms with Crippen LogP contribution in [0.1, 0.15) is 19.8 Å². The highest BCUT2D eigenvalue weighted by Gasteiger charge is 2.19. The number of quaternary nitrogens is 2. The van der Waals surface area contributed by atoms with E-state index in [2.05, 4.69) is 69.9 Å². The topological polar surface area (TPSA) is 78.1 Å². The fourth-order valence-corrected chi connectivity index (χ4v) is 4.34. The Labute approximate surface area is 172 Å². The van der Waals surface area contributed by atoms with Crippen molar-refractivity contribution in [2.75, 3.05) is 39.3 Å². The van der Waals surface area contributed by atoms with Gasteiger partial charge in [0.2, 0.25) is 0 Å². The average molecular weight is 425 g/mol. The summed E-state index contributed by atoms with van der Waals surface area (Å²) in [5.74, 6) is -0.219. The number of hydrogen-bond acceptors (Lipinski definition) is 5. The maximum atomic E-state index is 9.83. The smallest absolute Gasteiger partial charge is 0.132 e. The summed E-state index contributed by atoms with van der Waals surface area (Å²) in [5, 5.41) is 3.53. The lowest BCUT2D eigenvalue weighted by Gasteiger charge is -2.22. The van der Waals surface area contributed by atoms with Crippen LogP contribution in [0.15, 0.2) is 46.2 Å². The molecule has 0 spiro atoms. The number of benzene rings is 2. The highest BCUT2D eigenvalue weighted by molar-refractivity contribution is 7.99. The number of unbranched alkanes of at least 4 members (excludes halogenated alkanes) is 1. The van der Waals surface area contributed by atoms with Gasteiger partial charge in [-0.25, -0.2) is 8.42 Å². The van der Waals surface area contributed by atoms with Gasteiger partial charge in [-0.05, 0) is 18.6 Å². The summed E-state index contributed by atoms with van der Waals surface area (Å²) < 4.78 is 29.5. The average Bonchev–Trinajstić information content (AvgIpc) is 2.63. The van der Waals surface area contributed by atoms with Crippen LogP contribution in [0, 0.1) is 0 Å². The third-order valence-corrected chi connectivity index (χ3v) is 6.26. The summed E-state index contributed by atoms with van der Waals surface area (Å²) in [6.07, 6.45) is 1.23. The van der Waals surface area contributed by atoms with Gasteiger partial charge >= 0.3 is 0 Å². The van der Waals surface area contributed by atoms with Crippen molar-refractivity contribution in [3.8, 4) is 0 Å². The van der Waals surface area contributed by atoms with Gasteiger partial charge in [0.1, 0.15) is 11.4 Å². The molecule has 0 unspecified atom stereocenters. The molecule has 1 heterocycles. The van der Waals surface area contributed by atoms with Crippen LogP contribution in [0.25, 0.3) is 0 Å². The van der Waals surface area contributed by atoms with Gasteiger partial charge in [0.15, 0.2) is 0 Å². The molecule has 0 bridgehead atoms. The zero-order valence-electron chi connectivity index (χ0n) is 17.1. The van der Waals surface area contributed by atoms with E-state index in [0.717, 1.165) is 6.42 Å². The van der Waals surface area contributed by atoms with E-state index in [4.69, 9.17) is 0 Å². The first-order valence-electron chi connectivity index (χ1n) is 9.38. The van der Waals surface area contributed by atoms with Crippen molar-refractivity contribution in [2.24, 2.45) is 0 Å². The van der Waals surface area contributed by atoms with Crippen LogP contribution >= 0.6 is 11.8 Å². The first-order valence-corrected chi connectivity index (χ1v) is 11.8. The fraction of sp³-hybridized carbons (Fsp3) is 0.400. The van der Waals surface area contributed by atoms with Crippen LogP contribution in [-0.2, 0) is 10.1 Å². The van der Waals surface area contributed by atoms with Gasteiger partial charge in [0, 0.05) is 39.8 Å². The van der Waals surface area contributed by atoms with Gasteiger partial charge in [0.25, 0.3) is 0 Å². The summed E-state index contributed by atoms with van der Waals surface area (Å²) in [5.41, 5.74) is 5.04. The maximum absolute atomic E-state index is 9.83. The molecular formula is C20H30N3O3S2+. The normalized spacial score (nSPS) is 12.7. The van der Waals surface area contributed by atoms with E-state index in [1.807, 2.05) is 18.7 Å². The third-order valence-electron chi connectivity index (χ3n) is 4.36. The Morgan fingerprint density at radius 2 is 1.39 bits per heavy atom. The molecule has 1 aliphatic rings. The van der Waals surface area contributed by atoms with Crippen LogP contribution in [-0.4, -0.2) is 46.9 Å². The van der Waals surface area contributed by atoms with Crippen molar-refractivity contribution in [1.82, 2.24) is 0 Å². The quantitative estimate of drug-likeness (QED) is 0.544. The Hall–Kier alpha value is -1.58. The molecular weight excluding hydrogens is 394 g/mol. The molecule has 3 rings (SSSR count). The number of anilines is 2. The Balaban J connectivity index is 0.000000300. The number of rotatable bonds is 5. The molecule has 0 fully saturated rings. The van der Waals surface area contributed by atoms with Crippen LogP contribution < -0.4 is 15.1 Å². The van der Waals surface area contributed by atoms with E-state index >= 15 is 0 Å². The Morgan fingerprint density at radius 3 is 1.71 bits per heavy atom. The predicted octanol–water partition coefficient (Wildman–Crippen LogP) is 1.78. The van der Waals surface area contributed by atoms with Crippen LogP contribution in [0.3, 0.4) is 0 Å². The number of hydrogen-bond donors (Lipinski definition) is 3. The van der Waals surface area contributed by atoms with Crippen molar-refractivity contribution >= 4 is 44.6 Å². The molecule has 0 atom stereocenters. The van der Waals surface area contributed by atoms with Gasteiger partial charge in [-0.15, -0.1) is 0 Å². The molecule has 0 saturated heterocycles. The molecule has 0 aromatic heterocycles. The Kier molecular flexibility index (Phi) is 7.91. The maximum Gasteiger partial charge on any atom is 0.132 e. The molecule has 0 radical (unpaired) electrons. The standard InChI is InChI=1S/C16H19N3S.C4H10O3S/c1-18(2)11-5-7-13-15(9-11)20-16-10-12(19(3)4)6-8-14(16)17-13;1-2-3-4-8(5,6)7/h5-10,17H,1-4H3;2-4H2,1H3,(H,5,6,7)/p+1. The van der Waals surface area contributed by atoms with Gasteiger partial charge in [-0.1, -0.05) is 25.1 Å². The molecule has 0 amide bonds. The molecule has 0 aliphatic carbocycles. The fourth-order valence-electron chi connectivity index (χ4n) is 2.63. The van der Waals surface area contributed by atoms with E-state index in [1.54, 1.807) is 0 Å². The van der Waals surface area contributed by atoms with Crippen molar-refractivity contribution in [3.63, 3.8) is 0 Å². The summed E-state index contributed by atoms with van der Waals surface area (Å²) in [4.78, 5) is 5.32. The predicted molar refractivity (Wildman–Crippen MR) is 115 cm³/mol. The van der Waals surface area contributed by atoms with Crippen LogP contribution in [0.5, 0.6) is 0 Å². The molecule has 28 heavy (non-hydrogen) atoms. The second kappa shape index (κ2) is 9.76. The summed E-state index contributed by atoms with van der Waals surface area (Å²) in [6, 6.07) is 13.3. The number of fused-ring (bicyclic) bond motifs is 2. The minimum absolute atomic E-state index is 0.219. The van der Waals surface area contributed by atoms with Crippen molar-refractivity contribution in [3.05, 3.63) is 36.4 Å². The van der Waals surface area contributed by atoms with E-state index in [1.165, 1.54) is 42.3 Å². The van der Waals surface area contributed by atoms with Crippen molar-refractivity contribution in [2.45, 2.75) is 29.6 Å². The first kappa shape index (κ1) is 22.7. The van der Waals surface area contributed by atoms with Crippen LogP contribution in [0.2, 0.25) is 0 Å². The van der Waals surface area contributed by atoms with Crippen molar-refractivity contribution in [1.29, 1.82) is 0 Å². The Morgan fingerprint density at radius 1 is 0.929 bits per heavy atom. The Bertz CT molecular complexity index is 857. The minimum atomic E-state index is -3.94. The molecule has 2 aromatic carbocycles. The summed E-state index contributed by atoms with van der Waals surface area (Å²) >= 11 is 1.86.